The van der Waals surface area contributed by atoms with Crippen LogP contribution < -0.4 is 26.5 Å². The third-order valence-corrected chi connectivity index (χ3v) is 6.67. The summed E-state index contributed by atoms with van der Waals surface area (Å²) < 4.78 is 102. The Balaban J connectivity index is 0.000000280. The van der Waals surface area contributed by atoms with Gasteiger partial charge in [-0.15, -0.1) is 15.3 Å². The molecule has 0 radical (unpaired) electrons. The van der Waals surface area contributed by atoms with Crippen molar-refractivity contribution in [2.24, 2.45) is 0 Å². The van der Waals surface area contributed by atoms with Crippen molar-refractivity contribution in [3.8, 4) is 23.3 Å². The average Bonchev–Trinajstić information content (AvgIpc) is 2.93. The molecule has 0 saturated carbocycles. The lowest BCUT2D eigenvalue weighted by atomic mass is 10.1. The van der Waals surface area contributed by atoms with E-state index >= 15 is 0 Å². The van der Waals surface area contributed by atoms with E-state index in [0.29, 0.717) is 20.3 Å². The number of ether oxygens (including phenoxy) is 2. The number of H-pyrrole nitrogens is 1. The molecule has 212 valence electrons. The van der Waals surface area contributed by atoms with Gasteiger partial charge in [-0.25, -0.2) is 5.10 Å². The molecule has 0 spiro atoms. The van der Waals surface area contributed by atoms with Crippen LogP contribution in [0.3, 0.4) is 0 Å². The number of halogens is 5. The fourth-order valence-electron chi connectivity index (χ4n) is 2.86. The molecule has 0 atom stereocenters. The van der Waals surface area contributed by atoms with Gasteiger partial charge in [0.15, 0.2) is 16.7 Å². The molecule has 0 saturated heterocycles. The van der Waals surface area contributed by atoms with Crippen molar-refractivity contribution in [1.29, 1.82) is 0 Å². The van der Waals surface area contributed by atoms with Crippen molar-refractivity contribution in [3.63, 3.8) is 0 Å². The molecule has 14 heteroatoms. The van der Waals surface area contributed by atoms with Gasteiger partial charge in [0.25, 0.3) is 5.56 Å². The van der Waals surface area contributed by atoms with Crippen molar-refractivity contribution in [2.45, 2.75) is 39.2 Å². The van der Waals surface area contributed by atoms with Crippen LogP contribution in [0.4, 0.5) is 11.4 Å². The minimum absolute atomic E-state index is 0.116. The van der Waals surface area contributed by atoms with Gasteiger partial charge in [-0.1, -0.05) is 62.2 Å². The predicted molar refractivity (Wildman–Crippen MR) is 167 cm³/mol. The molecule has 0 aliphatic carbocycles. The number of anilines is 2. The SMILES string of the molecule is [2H]C([2H])([2H])C(c1cc(Oc2c(Cl)cc(N)cc2Br)n[nH]c1=O)C([2H])([2H])[2H].[2H]C([2H])([2H])C(c1cc(Oc2c(Cl)cc(N)cc2Br)nnc1Cl)C([2H])([2H])[2H]. The normalized spacial score (nSPS) is 16.6. The van der Waals surface area contributed by atoms with Gasteiger partial charge in [0.05, 0.1) is 19.0 Å². The number of hydrogen-bond donors (Lipinski definition) is 3. The Morgan fingerprint density at radius 2 is 1.30 bits per heavy atom. The zero-order valence-corrected chi connectivity index (χ0v) is 25.2. The number of aromatic nitrogens is 4. The molecule has 4 rings (SSSR count). The van der Waals surface area contributed by atoms with Gasteiger partial charge in [0, 0.05) is 45.5 Å². The van der Waals surface area contributed by atoms with Gasteiger partial charge in [0.2, 0.25) is 11.8 Å². The molecule has 0 unspecified atom stereocenters. The maximum absolute atomic E-state index is 12.0. The Morgan fingerprint density at radius 3 is 1.82 bits per heavy atom. The first-order valence-corrected chi connectivity index (χ1v) is 13.3. The summed E-state index contributed by atoms with van der Waals surface area (Å²) in [7, 11) is 0. The Bertz CT molecular complexity index is 1920. The Morgan fingerprint density at radius 1 is 0.800 bits per heavy atom. The smallest absolute Gasteiger partial charge is 0.267 e. The number of nitrogens with zero attached hydrogens (tertiary/aromatic N) is 3. The van der Waals surface area contributed by atoms with Crippen molar-refractivity contribution in [2.75, 3.05) is 11.5 Å². The second kappa shape index (κ2) is 13.9. The van der Waals surface area contributed by atoms with Crippen LogP contribution in [-0.2, 0) is 0 Å². The monoisotopic (exact) mass is 744 g/mol. The fraction of sp³-hybridized carbons (Fsp3) is 0.231. The first-order valence-electron chi connectivity index (χ1n) is 16.6. The van der Waals surface area contributed by atoms with Gasteiger partial charge in [-0.2, -0.15) is 0 Å². The van der Waals surface area contributed by atoms with Crippen LogP contribution in [-0.4, -0.2) is 20.4 Å². The maximum Gasteiger partial charge on any atom is 0.267 e. The van der Waals surface area contributed by atoms with E-state index in [9.17, 15) is 4.79 Å². The van der Waals surface area contributed by atoms with E-state index in [1.54, 1.807) is 6.07 Å². The van der Waals surface area contributed by atoms with Gasteiger partial charge in [0.1, 0.15) is 0 Å². The number of nitrogens with one attached hydrogen (secondary N) is 1. The topological polar surface area (TPSA) is 142 Å². The zero-order chi connectivity index (χ0) is 39.7. The first kappa shape index (κ1) is 18.8. The predicted octanol–water partition coefficient (Wildman–Crippen LogP) is 8.73. The standard InChI is InChI=1S/C13H12BrCl2N3O.C13H13BrClN3O2/c1-6(2)8-5-11(18-19-13(8)16)20-12-9(14)3-7(17)4-10(12)15;1-6(2)8-5-11(17-18-13(8)19)20-12-9(14)3-7(16)4-10(12)15/h3-6H,17H2,1-2H3;3-6H,16H2,1-2H3,(H,18,19)/i2*1D3,2D3. The zero-order valence-electron chi connectivity index (χ0n) is 31.7. The molecule has 0 aliphatic heterocycles. The first-order chi connectivity index (χ1) is 23.6. The highest BCUT2D eigenvalue weighted by molar-refractivity contribution is 9.11. The van der Waals surface area contributed by atoms with Crippen LogP contribution in [0.15, 0.2) is 50.1 Å². The summed E-state index contributed by atoms with van der Waals surface area (Å²) in [6.45, 7) is -11.5. The molecule has 2 aromatic carbocycles. The van der Waals surface area contributed by atoms with E-state index in [2.05, 4.69) is 52.3 Å². The van der Waals surface area contributed by atoms with Gasteiger partial charge < -0.3 is 20.9 Å². The van der Waals surface area contributed by atoms with Crippen molar-refractivity contribution >= 4 is 78.0 Å². The van der Waals surface area contributed by atoms with Crippen molar-refractivity contribution < 1.29 is 25.9 Å². The highest BCUT2D eigenvalue weighted by atomic mass is 79.9. The van der Waals surface area contributed by atoms with Crippen molar-refractivity contribution in [3.05, 3.63) is 82.0 Å². The van der Waals surface area contributed by atoms with Gasteiger partial charge >= 0.3 is 0 Å². The van der Waals surface area contributed by atoms with Crippen LogP contribution in [0.1, 0.15) is 66.8 Å². The molecule has 0 bridgehead atoms. The van der Waals surface area contributed by atoms with Crippen LogP contribution in [0.2, 0.25) is 15.2 Å². The summed E-state index contributed by atoms with van der Waals surface area (Å²) >= 11 is 24.5. The number of nitrogen functional groups attached to an aromatic ring is 2. The molecule has 0 fully saturated rings. The Labute approximate surface area is 279 Å². The summed E-state index contributed by atoms with van der Waals surface area (Å²) in [6.07, 6.45) is 0. The number of nitrogens with two attached hydrogens (primary N) is 2. The molecule has 2 aromatic heterocycles. The molecular weight excluding hydrogens is 710 g/mol. The third kappa shape index (κ3) is 8.23. The van der Waals surface area contributed by atoms with Crippen LogP contribution in [0.25, 0.3) is 0 Å². The van der Waals surface area contributed by atoms with Crippen LogP contribution in [0.5, 0.6) is 23.3 Å². The quantitative estimate of drug-likeness (QED) is 0.166. The summed E-state index contributed by atoms with van der Waals surface area (Å²) in [5.41, 5.74) is 10.4. The van der Waals surface area contributed by atoms with E-state index in [0.717, 1.165) is 12.1 Å². The maximum atomic E-state index is 12.0. The van der Waals surface area contributed by atoms with Gasteiger partial charge in [-0.3, -0.25) is 4.79 Å². The lowest BCUT2D eigenvalue weighted by molar-refractivity contribution is 0.450. The second-order valence-electron chi connectivity index (χ2n) is 7.62. The second-order valence-corrected chi connectivity index (χ2v) is 10.5. The van der Waals surface area contributed by atoms with Crippen LogP contribution >= 0.6 is 66.7 Å². The molecule has 5 N–H and O–H groups in total. The lowest BCUT2D eigenvalue weighted by Crippen LogP contribution is -2.15. The average molecular weight is 748 g/mol. The van der Waals surface area contributed by atoms with Gasteiger partial charge in [-0.05, 0) is 73.5 Å². The number of hydrogen-bond acceptors (Lipinski definition) is 8. The van der Waals surface area contributed by atoms with Crippen molar-refractivity contribution in [1.82, 2.24) is 20.4 Å². The third-order valence-electron chi connectivity index (χ3n) is 4.64. The van der Waals surface area contributed by atoms with E-state index in [1.807, 2.05) is 0 Å². The van der Waals surface area contributed by atoms with E-state index < -0.39 is 50.4 Å². The Hall–Kier alpha value is -2.57. The largest absolute Gasteiger partial charge is 0.435 e. The lowest BCUT2D eigenvalue weighted by Gasteiger charge is -2.12. The molecule has 2 heterocycles. The molecule has 40 heavy (non-hydrogen) atoms. The molecule has 0 aliphatic rings. The summed E-state index contributed by atoms with van der Waals surface area (Å²) in [6, 6.07) is 8.02. The number of benzene rings is 2. The molecular formula is C26H25Br2Cl3N6O3. The summed E-state index contributed by atoms with van der Waals surface area (Å²) in [4.78, 5) is 12.0. The van der Waals surface area contributed by atoms with E-state index in [-0.39, 0.29) is 44.0 Å². The highest BCUT2D eigenvalue weighted by Crippen LogP contribution is 2.39. The number of aromatic amines is 1. The summed E-state index contributed by atoms with van der Waals surface area (Å²) in [5.74, 6) is -3.99. The fourth-order valence-corrected chi connectivity index (χ4v) is 4.94. The summed E-state index contributed by atoms with van der Waals surface area (Å²) in [5, 5.41) is 13.0. The van der Waals surface area contributed by atoms with E-state index in [1.165, 1.54) is 18.2 Å². The Kier molecular flexibility index (Phi) is 6.51. The molecule has 0 amide bonds. The highest BCUT2D eigenvalue weighted by Gasteiger charge is 2.15. The van der Waals surface area contributed by atoms with Crippen LogP contribution in [0, 0.1) is 0 Å². The van der Waals surface area contributed by atoms with E-state index in [4.69, 9.17) is 72.2 Å². The number of rotatable bonds is 6. The minimum atomic E-state index is -2.93. The minimum Gasteiger partial charge on any atom is -0.435 e. The molecule has 4 aromatic rings. The molecule has 9 nitrogen and oxygen atoms in total.